The molecule has 5 heteroatoms. The predicted molar refractivity (Wildman–Crippen MR) is 75.9 cm³/mol. The van der Waals surface area contributed by atoms with E-state index < -0.39 is 6.10 Å². The van der Waals surface area contributed by atoms with Crippen LogP contribution < -0.4 is 5.73 Å². The van der Waals surface area contributed by atoms with Crippen molar-refractivity contribution >= 4 is 16.7 Å². The lowest BCUT2D eigenvalue weighted by Crippen LogP contribution is -2.30. The van der Waals surface area contributed by atoms with Gasteiger partial charge in [-0.3, -0.25) is 0 Å². The molecule has 5 nitrogen and oxygen atoms in total. The number of anilines is 1. The van der Waals surface area contributed by atoms with Gasteiger partial charge in [0.1, 0.15) is 11.9 Å². The number of nitrogens with two attached hydrogens (primary N) is 1. The van der Waals surface area contributed by atoms with Crippen LogP contribution in [0.25, 0.3) is 11.0 Å². The van der Waals surface area contributed by atoms with Crippen LogP contribution in [0.1, 0.15) is 32.7 Å². The number of benzene rings is 1. The molecule has 1 unspecified atom stereocenters. The van der Waals surface area contributed by atoms with Crippen LogP contribution >= 0.6 is 0 Å². The van der Waals surface area contributed by atoms with Crippen molar-refractivity contribution in [2.24, 2.45) is 0 Å². The SMILES string of the molecule is COC(C)(C)Cn1c(C(C)O)nc2cc(N)ccc21. The fraction of sp³-hybridized carbons (Fsp3) is 0.500. The van der Waals surface area contributed by atoms with E-state index >= 15 is 0 Å². The molecular formula is C14H21N3O2. The number of aliphatic hydroxyl groups is 1. The summed E-state index contributed by atoms with van der Waals surface area (Å²) in [5.41, 5.74) is 7.86. The number of ether oxygens (including phenoxy) is 1. The number of aromatic nitrogens is 2. The van der Waals surface area contributed by atoms with Gasteiger partial charge in [-0.2, -0.15) is 0 Å². The first-order valence-corrected chi connectivity index (χ1v) is 6.33. The van der Waals surface area contributed by atoms with Gasteiger partial charge >= 0.3 is 0 Å². The number of rotatable bonds is 4. The molecule has 3 N–H and O–H groups in total. The first-order chi connectivity index (χ1) is 8.84. The molecule has 0 spiro atoms. The summed E-state index contributed by atoms with van der Waals surface area (Å²) in [7, 11) is 1.68. The van der Waals surface area contributed by atoms with E-state index in [0.29, 0.717) is 18.1 Å². The third-order valence-electron chi connectivity index (χ3n) is 3.27. The van der Waals surface area contributed by atoms with Gasteiger partial charge < -0.3 is 20.1 Å². The Bertz CT molecular complexity index is 588. The van der Waals surface area contributed by atoms with Crippen LogP contribution in [0.3, 0.4) is 0 Å². The average molecular weight is 263 g/mol. The number of imidazole rings is 1. The Morgan fingerprint density at radius 1 is 1.47 bits per heavy atom. The van der Waals surface area contributed by atoms with E-state index in [1.807, 2.05) is 36.6 Å². The Kier molecular flexibility index (Phi) is 3.52. The highest BCUT2D eigenvalue weighted by atomic mass is 16.5. The lowest BCUT2D eigenvalue weighted by atomic mass is 10.1. The first-order valence-electron chi connectivity index (χ1n) is 6.33. The zero-order valence-electron chi connectivity index (χ0n) is 11.8. The average Bonchev–Trinajstić information content (AvgIpc) is 2.67. The molecule has 1 aromatic carbocycles. The first kappa shape index (κ1) is 13.8. The van der Waals surface area contributed by atoms with Gasteiger partial charge in [0.25, 0.3) is 0 Å². The van der Waals surface area contributed by atoms with E-state index in [9.17, 15) is 5.11 Å². The quantitative estimate of drug-likeness (QED) is 0.828. The fourth-order valence-corrected chi connectivity index (χ4v) is 2.10. The molecule has 1 aromatic heterocycles. The number of nitrogens with zero attached hydrogens (tertiary/aromatic N) is 2. The molecule has 0 saturated heterocycles. The van der Waals surface area contributed by atoms with E-state index in [4.69, 9.17) is 10.5 Å². The second-order valence-electron chi connectivity index (χ2n) is 5.44. The molecule has 2 rings (SSSR count). The summed E-state index contributed by atoms with van der Waals surface area (Å²) in [4.78, 5) is 4.47. The maximum atomic E-state index is 9.89. The van der Waals surface area contributed by atoms with E-state index in [0.717, 1.165) is 11.0 Å². The largest absolute Gasteiger partial charge is 0.399 e. The van der Waals surface area contributed by atoms with Crippen LogP contribution in [0.15, 0.2) is 18.2 Å². The Morgan fingerprint density at radius 2 is 2.16 bits per heavy atom. The number of aliphatic hydroxyl groups excluding tert-OH is 1. The van der Waals surface area contributed by atoms with Gasteiger partial charge in [-0.25, -0.2) is 4.98 Å². The van der Waals surface area contributed by atoms with Gasteiger partial charge in [0.2, 0.25) is 0 Å². The highest BCUT2D eigenvalue weighted by Crippen LogP contribution is 2.25. The molecule has 0 aliphatic heterocycles. The minimum Gasteiger partial charge on any atom is -0.399 e. The van der Waals surface area contributed by atoms with E-state index in [1.165, 1.54) is 0 Å². The van der Waals surface area contributed by atoms with Crippen molar-refractivity contribution in [3.8, 4) is 0 Å². The Labute approximate surface area is 113 Å². The summed E-state index contributed by atoms with van der Waals surface area (Å²) in [5.74, 6) is 0.630. The number of nitrogen functional groups attached to an aromatic ring is 1. The van der Waals surface area contributed by atoms with Crippen molar-refractivity contribution in [2.45, 2.75) is 39.0 Å². The number of hydrogen-bond acceptors (Lipinski definition) is 4. The topological polar surface area (TPSA) is 73.3 Å². The Morgan fingerprint density at radius 3 is 2.74 bits per heavy atom. The van der Waals surface area contributed by atoms with Gasteiger partial charge in [0.15, 0.2) is 0 Å². The summed E-state index contributed by atoms with van der Waals surface area (Å²) in [6, 6.07) is 5.58. The molecule has 1 atom stereocenters. The van der Waals surface area contributed by atoms with Crippen LogP contribution in [0.2, 0.25) is 0 Å². The van der Waals surface area contributed by atoms with E-state index in [2.05, 4.69) is 4.98 Å². The predicted octanol–water partition coefficient (Wildman–Crippen LogP) is 2.10. The summed E-state index contributed by atoms with van der Waals surface area (Å²) in [6.07, 6.45) is -0.638. The fourth-order valence-electron chi connectivity index (χ4n) is 2.10. The van der Waals surface area contributed by atoms with Crippen LogP contribution in [-0.4, -0.2) is 27.4 Å². The second kappa shape index (κ2) is 4.83. The van der Waals surface area contributed by atoms with Gasteiger partial charge in [0, 0.05) is 12.8 Å². The lowest BCUT2D eigenvalue weighted by molar-refractivity contribution is 0.00706. The second-order valence-corrected chi connectivity index (χ2v) is 5.44. The zero-order chi connectivity index (χ0) is 14.2. The van der Waals surface area contributed by atoms with Gasteiger partial charge in [-0.15, -0.1) is 0 Å². The highest BCUT2D eigenvalue weighted by Gasteiger charge is 2.23. The summed E-state index contributed by atoms with van der Waals surface area (Å²) >= 11 is 0. The smallest absolute Gasteiger partial charge is 0.138 e. The lowest BCUT2D eigenvalue weighted by Gasteiger charge is -2.25. The van der Waals surface area contributed by atoms with Crippen LogP contribution in [-0.2, 0) is 11.3 Å². The van der Waals surface area contributed by atoms with Crippen molar-refractivity contribution in [3.63, 3.8) is 0 Å². The van der Waals surface area contributed by atoms with Crippen molar-refractivity contribution in [3.05, 3.63) is 24.0 Å². The normalized spacial score (nSPS) is 13.9. The number of methoxy groups -OCH3 is 1. The summed E-state index contributed by atoms with van der Waals surface area (Å²) in [5, 5.41) is 9.89. The monoisotopic (exact) mass is 263 g/mol. The maximum absolute atomic E-state index is 9.89. The van der Waals surface area contributed by atoms with Gasteiger partial charge in [0.05, 0.1) is 23.2 Å². The van der Waals surface area contributed by atoms with Crippen molar-refractivity contribution < 1.29 is 9.84 Å². The number of fused-ring (bicyclic) bond motifs is 1. The standard InChI is InChI=1S/C14H21N3O2/c1-9(18)13-16-11-7-10(15)5-6-12(11)17(13)8-14(2,3)19-4/h5-7,9,18H,8,15H2,1-4H3. The van der Waals surface area contributed by atoms with Crippen LogP contribution in [0.5, 0.6) is 0 Å². The zero-order valence-corrected chi connectivity index (χ0v) is 11.8. The van der Waals surface area contributed by atoms with E-state index in [-0.39, 0.29) is 5.60 Å². The molecule has 0 bridgehead atoms. The summed E-state index contributed by atoms with van der Waals surface area (Å²) in [6.45, 7) is 6.33. The van der Waals surface area contributed by atoms with Crippen molar-refractivity contribution in [2.75, 3.05) is 12.8 Å². The highest BCUT2D eigenvalue weighted by molar-refractivity contribution is 5.79. The van der Waals surface area contributed by atoms with Crippen molar-refractivity contribution in [1.29, 1.82) is 0 Å². The molecule has 2 aromatic rings. The minimum atomic E-state index is -0.638. The van der Waals surface area contributed by atoms with Crippen molar-refractivity contribution in [1.82, 2.24) is 9.55 Å². The van der Waals surface area contributed by atoms with Gasteiger partial charge in [-0.05, 0) is 39.0 Å². The molecular weight excluding hydrogens is 242 g/mol. The molecule has 104 valence electrons. The third kappa shape index (κ3) is 2.72. The summed E-state index contributed by atoms with van der Waals surface area (Å²) < 4.78 is 7.45. The molecule has 0 amide bonds. The van der Waals surface area contributed by atoms with Gasteiger partial charge in [-0.1, -0.05) is 0 Å². The Hall–Kier alpha value is -1.59. The van der Waals surface area contributed by atoms with E-state index in [1.54, 1.807) is 14.0 Å². The molecule has 0 saturated carbocycles. The number of hydrogen-bond donors (Lipinski definition) is 2. The molecule has 0 aliphatic carbocycles. The molecule has 0 radical (unpaired) electrons. The molecule has 1 heterocycles. The molecule has 19 heavy (non-hydrogen) atoms. The van der Waals surface area contributed by atoms with Crippen LogP contribution in [0, 0.1) is 0 Å². The molecule has 0 aliphatic rings. The third-order valence-corrected chi connectivity index (χ3v) is 3.27. The van der Waals surface area contributed by atoms with Crippen LogP contribution in [0.4, 0.5) is 5.69 Å². The Balaban J connectivity index is 2.59. The molecule has 0 fully saturated rings. The maximum Gasteiger partial charge on any atom is 0.138 e. The minimum absolute atomic E-state index is 0.335.